The summed E-state index contributed by atoms with van der Waals surface area (Å²) in [5.74, 6) is -1.29. The van der Waals surface area contributed by atoms with Gasteiger partial charge in [-0.25, -0.2) is 0 Å². The van der Waals surface area contributed by atoms with Crippen LogP contribution in [0.1, 0.15) is 31.2 Å². The number of hydrogen-bond donors (Lipinski definition) is 2. The number of nitrogens with one attached hydrogen (secondary N) is 1. The number of benzene rings is 1. The molecule has 96 valence electrons. The van der Waals surface area contributed by atoms with E-state index in [9.17, 15) is 9.59 Å². The molecule has 0 spiro atoms. The Labute approximate surface area is 106 Å². The molecule has 1 aliphatic rings. The molecule has 1 aromatic carbocycles. The highest BCUT2D eigenvalue weighted by Crippen LogP contribution is 2.28. The summed E-state index contributed by atoms with van der Waals surface area (Å²) in [4.78, 5) is 22.6. The summed E-state index contributed by atoms with van der Waals surface area (Å²) in [6.07, 6.45) is 1.09. The van der Waals surface area contributed by atoms with Crippen LogP contribution in [0.5, 0.6) is 0 Å². The lowest BCUT2D eigenvalue weighted by Gasteiger charge is -2.33. The number of carbonyl (C=O) groups is 2. The number of aliphatic carboxylic acids is 1. The van der Waals surface area contributed by atoms with Crippen LogP contribution in [0.25, 0.3) is 0 Å². The Kier molecular flexibility index (Phi) is 3.65. The molecule has 0 aromatic heterocycles. The Morgan fingerprint density at radius 1 is 1.28 bits per heavy atom. The second kappa shape index (κ2) is 5.21. The molecule has 1 saturated carbocycles. The largest absolute Gasteiger partial charge is 0.481 e. The van der Waals surface area contributed by atoms with Crippen LogP contribution in [-0.4, -0.2) is 23.0 Å². The van der Waals surface area contributed by atoms with Gasteiger partial charge in [0.1, 0.15) is 0 Å². The Hall–Kier alpha value is -1.84. The average Bonchev–Trinajstić information content (AvgIpc) is 2.32. The summed E-state index contributed by atoms with van der Waals surface area (Å²) in [5.41, 5.74) is 0.976. The molecule has 1 fully saturated rings. The van der Waals surface area contributed by atoms with E-state index < -0.39 is 5.97 Å². The van der Waals surface area contributed by atoms with Crippen LogP contribution in [-0.2, 0) is 9.59 Å². The lowest BCUT2D eigenvalue weighted by molar-refractivity contribution is -0.146. The molecule has 0 aliphatic heterocycles. The minimum absolute atomic E-state index is 0.0183. The van der Waals surface area contributed by atoms with Crippen molar-refractivity contribution in [2.75, 3.05) is 0 Å². The molecule has 18 heavy (non-hydrogen) atoms. The highest BCUT2D eigenvalue weighted by molar-refractivity contribution is 5.83. The van der Waals surface area contributed by atoms with Gasteiger partial charge < -0.3 is 10.4 Å². The van der Waals surface area contributed by atoms with Gasteiger partial charge in [0.05, 0.1) is 11.8 Å². The van der Waals surface area contributed by atoms with Gasteiger partial charge in [-0.15, -0.1) is 0 Å². The first-order chi connectivity index (χ1) is 8.58. The molecule has 1 aliphatic carbocycles. The standard InChI is InChI=1S/C14H17NO3/c1-9(10-5-3-2-4-6-10)13(16)15-12-7-11(8-12)14(17)18/h2-6,9,11-12H,7-8H2,1H3,(H,15,16)(H,17,18). The second-order valence-corrected chi connectivity index (χ2v) is 4.84. The first-order valence-corrected chi connectivity index (χ1v) is 6.16. The zero-order valence-electron chi connectivity index (χ0n) is 10.3. The van der Waals surface area contributed by atoms with Gasteiger partial charge in [0.25, 0.3) is 0 Å². The van der Waals surface area contributed by atoms with Crippen LogP contribution in [0.15, 0.2) is 30.3 Å². The SMILES string of the molecule is CC(C(=O)NC1CC(C(=O)O)C1)c1ccccc1. The molecule has 1 unspecified atom stereocenters. The van der Waals surface area contributed by atoms with E-state index in [0.29, 0.717) is 12.8 Å². The summed E-state index contributed by atoms with van der Waals surface area (Å²) in [7, 11) is 0. The fraction of sp³-hybridized carbons (Fsp3) is 0.429. The molecule has 4 nitrogen and oxygen atoms in total. The van der Waals surface area contributed by atoms with Crippen LogP contribution in [0.3, 0.4) is 0 Å². The Morgan fingerprint density at radius 2 is 1.89 bits per heavy atom. The van der Waals surface area contributed by atoms with E-state index in [2.05, 4.69) is 5.32 Å². The minimum atomic E-state index is -0.767. The highest BCUT2D eigenvalue weighted by Gasteiger charge is 2.35. The number of rotatable bonds is 4. The van der Waals surface area contributed by atoms with Crippen molar-refractivity contribution in [3.8, 4) is 0 Å². The molecule has 4 heteroatoms. The summed E-state index contributed by atoms with van der Waals surface area (Å²) >= 11 is 0. The zero-order valence-corrected chi connectivity index (χ0v) is 10.3. The maximum atomic E-state index is 12.0. The highest BCUT2D eigenvalue weighted by atomic mass is 16.4. The van der Waals surface area contributed by atoms with Crippen molar-refractivity contribution in [2.24, 2.45) is 5.92 Å². The van der Waals surface area contributed by atoms with Crippen LogP contribution in [0.4, 0.5) is 0 Å². The van der Waals surface area contributed by atoms with E-state index in [1.54, 1.807) is 0 Å². The molecule has 1 amide bonds. The third kappa shape index (κ3) is 2.70. The summed E-state index contributed by atoms with van der Waals surface area (Å²) in [6.45, 7) is 1.86. The van der Waals surface area contributed by atoms with E-state index in [-0.39, 0.29) is 23.8 Å². The Bertz CT molecular complexity index is 438. The number of hydrogen-bond acceptors (Lipinski definition) is 2. The molecular formula is C14H17NO3. The molecule has 2 N–H and O–H groups in total. The first-order valence-electron chi connectivity index (χ1n) is 6.16. The number of carboxylic acid groups (broad SMARTS) is 1. The van der Waals surface area contributed by atoms with Gasteiger partial charge in [-0.3, -0.25) is 9.59 Å². The van der Waals surface area contributed by atoms with Gasteiger partial charge in [0.15, 0.2) is 0 Å². The molecule has 2 rings (SSSR count). The molecule has 1 atom stereocenters. The monoisotopic (exact) mass is 247 g/mol. The third-order valence-electron chi connectivity index (χ3n) is 3.53. The van der Waals surface area contributed by atoms with Gasteiger partial charge in [0.2, 0.25) is 5.91 Å². The zero-order chi connectivity index (χ0) is 13.1. The second-order valence-electron chi connectivity index (χ2n) is 4.84. The summed E-state index contributed by atoms with van der Waals surface area (Å²) in [5, 5.41) is 11.7. The van der Waals surface area contributed by atoms with Crippen molar-refractivity contribution in [1.82, 2.24) is 5.32 Å². The molecule has 1 aromatic rings. The van der Waals surface area contributed by atoms with Gasteiger partial charge in [0, 0.05) is 6.04 Å². The Morgan fingerprint density at radius 3 is 2.44 bits per heavy atom. The molecule has 0 radical (unpaired) electrons. The quantitative estimate of drug-likeness (QED) is 0.852. The normalized spacial score (nSPS) is 23.8. The molecule has 0 bridgehead atoms. The summed E-state index contributed by atoms with van der Waals surface area (Å²) < 4.78 is 0. The van der Waals surface area contributed by atoms with Crippen molar-refractivity contribution in [1.29, 1.82) is 0 Å². The third-order valence-corrected chi connectivity index (χ3v) is 3.53. The van der Waals surface area contributed by atoms with Crippen molar-refractivity contribution < 1.29 is 14.7 Å². The smallest absolute Gasteiger partial charge is 0.306 e. The van der Waals surface area contributed by atoms with Gasteiger partial charge in [-0.1, -0.05) is 30.3 Å². The van der Waals surface area contributed by atoms with Crippen LogP contribution in [0, 0.1) is 5.92 Å². The number of carbonyl (C=O) groups excluding carboxylic acids is 1. The first kappa shape index (κ1) is 12.6. The number of carboxylic acids is 1. The predicted octanol–water partition coefficient (Wildman–Crippen LogP) is 1.77. The molecule has 0 saturated heterocycles. The van der Waals surface area contributed by atoms with Crippen molar-refractivity contribution in [2.45, 2.75) is 31.7 Å². The molecule has 0 heterocycles. The lowest BCUT2D eigenvalue weighted by Crippen LogP contribution is -2.47. The van der Waals surface area contributed by atoms with Crippen LogP contribution >= 0.6 is 0 Å². The Balaban J connectivity index is 1.84. The van der Waals surface area contributed by atoms with E-state index >= 15 is 0 Å². The van der Waals surface area contributed by atoms with Crippen molar-refractivity contribution >= 4 is 11.9 Å². The van der Waals surface area contributed by atoms with Gasteiger partial charge >= 0.3 is 5.97 Å². The summed E-state index contributed by atoms with van der Waals surface area (Å²) in [6, 6.07) is 9.59. The average molecular weight is 247 g/mol. The van der Waals surface area contributed by atoms with Crippen LogP contribution < -0.4 is 5.32 Å². The number of amides is 1. The van der Waals surface area contributed by atoms with E-state index in [1.807, 2.05) is 37.3 Å². The maximum absolute atomic E-state index is 12.0. The molecular weight excluding hydrogens is 230 g/mol. The predicted molar refractivity (Wildman–Crippen MR) is 67.1 cm³/mol. The van der Waals surface area contributed by atoms with Crippen molar-refractivity contribution in [3.05, 3.63) is 35.9 Å². The van der Waals surface area contributed by atoms with Gasteiger partial charge in [-0.05, 0) is 25.3 Å². The maximum Gasteiger partial charge on any atom is 0.306 e. The van der Waals surface area contributed by atoms with E-state index in [0.717, 1.165) is 5.56 Å². The lowest BCUT2D eigenvalue weighted by atomic mass is 9.80. The van der Waals surface area contributed by atoms with Gasteiger partial charge in [-0.2, -0.15) is 0 Å². The van der Waals surface area contributed by atoms with Crippen LogP contribution in [0.2, 0.25) is 0 Å². The fourth-order valence-corrected chi connectivity index (χ4v) is 2.16. The minimum Gasteiger partial charge on any atom is -0.481 e. The fourth-order valence-electron chi connectivity index (χ4n) is 2.16. The van der Waals surface area contributed by atoms with E-state index in [4.69, 9.17) is 5.11 Å². The van der Waals surface area contributed by atoms with E-state index in [1.165, 1.54) is 0 Å². The van der Waals surface area contributed by atoms with Crippen molar-refractivity contribution in [3.63, 3.8) is 0 Å². The topological polar surface area (TPSA) is 66.4 Å².